The second kappa shape index (κ2) is 36.2. The maximum absolute atomic E-state index is 13.2. The number of ether oxygens (including phenoxy) is 4. The summed E-state index contributed by atoms with van der Waals surface area (Å²) in [5.41, 5.74) is 6.51. The molecule has 10 N–H and O–H groups in total. The molecule has 468 valence electrons. The van der Waals surface area contributed by atoms with E-state index >= 15 is 0 Å². The number of nitrogens with two attached hydrogens (primary N) is 1. The number of benzene rings is 2. The predicted molar refractivity (Wildman–Crippen MR) is 317 cm³/mol. The lowest BCUT2D eigenvalue weighted by Crippen LogP contribution is -2.57. The number of aliphatic hydroxyl groups excluding tert-OH is 1. The highest BCUT2D eigenvalue weighted by molar-refractivity contribution is 6.31. The molecule has 0 radical (unpaired) electrons. The number of fused-ring (bicyclic) bond motifs is 3. The number of aliphatic hydroxyl groups is 1. The van der Waals surface area contributed by atoms with Crippen LogP contribution in [0.25, 0.3) is 0 Å². The number of rotatable bonds is 20. The molecule has 0 spiro atoms. The lowest BCUT2D eigenvalue weighted by Gasteiger charge is -2.43. The van der Waals surface area contributed by atoms with Crippen molar-refractivity contribution in [2.75, 3.05) is 86.8 Å². The molecule has 3 heterocycles. The molecule has 3 fully saturated rings. The van der Waals surface area contributed by atoms with Crippen molar-refractivity contribution in [3.8, 4) is 17.2 Å². The standard InChI is InChI=1S/C23H37N5O5.C23H24N2O6.C11H21NO4.2C2H6/c1-4-23(2,3)11-6-5-9-18(24)22(33)25-12-10-19(30)26-14-20(31)27-15-21(32)28-13-7-8-17(28)16-29;1-24-8-9-25-23(30)11-6-7-12-14(10-11)21(28)17-18(19(12)26)22(29)16-13(20(17)27)4-3-5-15(16)31-2;1-8-11(13)9(3-5-15-8)12-4-6-16-10(7-12)14-2;2*1-2/h5-6,9,16-17H,4,7-8,10-15,24H2,1-3H3,(H,25,33)(H,26,30)(H,27,31);3-5,11,24,26,28H,6-10H2,1-2H3,(H,25,30);8-11,13H,3-7H2,1-2H3;2*1-2H3/b6-5-,18-9-;;;;. The smallest absolute Gasteiger partial charge is 0.267 e. The number of nitrogens with one attached hydrogen (secondary N) is 5. The molecule has 7 rings (SSSR count). The van der Waals surface area contributed by atoms with Gasteiger partial charge in [-0.05, 0) is 76.5 Å². The number of phenolic OH excluding ortho intramolecular Hbond substituents is 2. The number of ketones is 2. The number of allylic oxidation sites excluding steroid dienone is 3. The van der Waals surface area contributed by atoms with Crippen LogP contribution in [0.15, 0.2) is 42.1 Å². The zero-order chi connectivity index (χ0) is 62.7. The Labute approximate surface area is 495 Å². The molecule has 23 heteroatoms. The number of likely N-dealkylation sites (N-methyl/N-ethyl adjacent to an activating group) is 1. The van der Waals surface area contributed by atoms with E-state index in [0.717, 1.165) is 51.7 Å². The van der Waals surface area contributed by atoms with Gasteiger partial charge in [0.2, 0.25) is 29.4 Å². The van der Waals surface area contributed by atoms with Gasteiger partial charge in [0.1, 0.15) is 23.5 Å². The maximum Gasteiger partial charge on any atom is 0.267 e. The van der Waals surface area contributed by atoms with Gasteiger partial charge in [0.05, 0.1) is 67.4 Å². The number of carbonyl (C=O) groups excluding carboxylic acids is 8. The van der Waals surface area contributed by atoms with Crippen LogP contribution in [0.3, 0.4) is 0 Å². The minimum atomic E-state index is -0.565. The lowest BCUT2D eigenvalue weighted by molar-refractivity contribution is -0.190. The third-order valence-corrected chi connectivity index (χ3v) is 15.1. The van der Waals surface area contributed by atoms with E-state index in [1.807, 2.05) is 40.7 Å². The largest absolute Gasteiger partial charge is 0.507 e. The van der Waals surface area contributed by atoms with Crippen molar-refractivity contribution in [3.05, 3.63) is 75.5 Å². The average Bonchev–Trinajstić information content (AvgIpc) is 4.12. The second-order valence-corrected chi connectivity index (χ2v) is 21.0. The van der Waals surface area contributed by atoms with Crippen molar-refractivity contribution < 1.29 is 72.6 Å². The zero-order valence-corrected chi connectivity index (χ0v) is 51.2. The normalized spacial score (nSPS) is 20.9. The topological polar surface area (TPSA) is 327 Å². The van der Waals surface area contributed by atoms with Crippen LogP contribution in [0.1, 0.15) is 143 Å². The van der Waals surface area contributed by atoms with Crippen LogP contribution >= 0.6 is 0 Å². The molecule has 3 aliphatic heterocycles. The Kier molecular flexibility index (Phi) is 30.8. The summed E-state index contributed by atoms with van der Waals surface area (Å²) in [7, 11) is 4.84. The van der Waals surface area contributed by atoms with E-state index in [1.54, 1.807) is 32.4 Å². The fourth-order valence-electron chi connectivity index (χ4n) is 9.94. The van der Waals surface area contributed by atoms with Gasteiger partial charge in [-0.1, -0.05) is 79.2 Å². The Morgan fingerprint density at radius 3 is 2.20 bits per heavy atom. The molecule has 0 aromatic heterocycles. The summed E-state index contributed by atoms with van der Waals surface area (Å²) in [4.78, 5) is 101. The number of aldehydes is 1. The number of hydrogen-bond acceptors (Lipinski definition) is 18. The highest BCUT2D eigenvalue weighted by atomic mass is 16.7. The molecule has 0 bridgehead atoms. The summed E-state index contributed by atoms with van der Waals surface area (Å²) in [6.45, 7) is 20.5. The molecule has 2 aromatic carbocycles. The Morgan fingerprint density at radius 2 is 1.54 bits per heavy atom. The van der Waals surface area contributed by atoms with E-state index in [4.69, 9.17) is 24.7 Å². The first kappa shape index (κ1) is 71.5. The van der Waals surface area contributed by atoms with Gasteiger partial charge in [-0.15, -0.1) is 0 Å². The predicted octanol–water partition coefficient (Wildman–Crippen LogP) is 3.34. The Balaban J connectivity index is 0.000000336. The van der Waals surface area contributed by atoms with E-state index in [9.17, 15) is 53.7 Å². The molecule has 84 heavy (non-hydrogen) atoms. The molecule has 6 atom stereocenters. The van der Waals surface area contributed by atoms with Crippen LogP contribution in [0.5, 0.6) is 17.2 Å². The first-order chi connectivity index (χ1) is 40.2. The monoisotopic (exact) mass is 1180 g/mol. The Hall–Kier alpha value is -6.76. The highest BCUT2D eigenvalue weighted by Gasteiger charge is 2.42. The van der Waals surface area contributed by atoms with Gasteiger partial charge in [-0.25, -0.2) is 0 Å². The van der Waals surface area contributed by atoms with Crippen molar-refractivity contribution in [3.63, 3.8) is 0 Å². The lowest BCUT2D eigenvalue weighted by atomic mass is 9.75. The molecular formula is C61H94N8O15. The molecule has 5 amide bonds. The van der Waals surface area contributed by atoms with Crippen molar-refractivity contribution in [2.45, 2.75) is 144 Å². The summed E-state index contributed by atoms with van der Waals surface area (Å²) in [5.74, 6) is -3.82. The number of morpholine rings is 1. The first-order valence-corrected chi connectivity index (χ1v) is 29.4. The van der Waals surface area contributed by atoms with Gasteiger partial charge in [0.15, 0.2) is 12.1 Å². The van der Waals surface area contributed by atoms with Crippen LogP contribution < -0.4 is 37.1 Å². The van der Waals surface area contributed by atoms with Gasteiger partial charge in [-0.2, -0.15) is 0 Å². The third-order valence-electron chi connectivity index (χ3n) is 15.1. The van der Waals surface area contributed by atoms with Crippen LogP contribution in [-0.2, 0) is 55.8 Å². The zero-order valence-electron chi connectivity index (χ0n) is 51.2. The molecular weight excluding hydrogens is 1080 g/mol. The average molecular weight is 1180 g/mol. The molecule has 5 aliphatic rings. The quantitative estimate of drug-likeness (QED) is 0.0258. The minimum Gasteiger partial charge on any atom is -0.507 e. The van der Waals surface area contributed by atoms with Crippen molar-refractivity contribution in [1.29, 1.82) is 0 Å². The van der Waals surface area contributed by atoms with E-state index in [-0.39, 0.29) is 113 Å². The van der Waals surface area contributed by atoms with Crippen LogP contribution in [0.2, 0.25) is 0 Å². The summed E-state index contributed by atoms with van der Waals surface area (Å²) >= 11 is 0. The van der Waals surface area contributed by atoms with Gasteiger partial charge in [0.25, 0.3) is 5.91 Å². The first-order valence-electron chi connectivity index (χ1n) is 29.4. The Morgan fingerprint density at radius 1 is 0.845 bits per heavy atom. The maximum atomic E-state index is 13.2. The van der Waals surface area contributed by atoms with Crippen molar-refractivity contribution >= 4 is 47.4 Å². The van der Waals surface area contributed by atoms with Crippen LogP contribution in [-0.4, -0.2) is 190 Å². The highest BCUT2D eigenvalue weighted by Crippen LogP contribution is 2.47. The van der Waals surface area contributed by atoms with E-state index in [2.05, 4.69) is 52.3 Å². The van der Waals surface area contributed by atoms with E-state index < -0.39 is 47.4 Å². The summed E-state index contributed by atoms with van der Waals surface area (Å²) in [6.07, 6.45) is 10.4. The fraction of sp³-hybridized carbons (Fsp3) is 0.607. The summed E-state index contributed by atoms with van der Waals surface area (Å²) in [5, 5.41) is 45.2. The second-order valence-electron chi connectivity index (χ2n) is 21.0. The van der Waals surface area contributed by atoms with Crippen LogP contribution in [0, 0.1) is 11.3 Å². The summed E-state index contributed by atoms with van der Waals surface area (Å²) in [6, 6.07) is 4.40. The van der Waals surface area contributed by atoms with E-state index in [1.165, 1.54) is 24.2 Å². The number of phenols is 2. The number of nitrogens with zero attached hydrogens (tertiary/aromatic N) is 2. The van der Waals surface area contributed by atoms with Gasteiger partial charge in [0, 0.05) is 88.1 Å². The number of carbonyl (C=O) groups is 8. The van der Waals surface area contributed by atoms with Gasteiger partial charge >= 0.3 is 0 Å². The Bertz CT molecular complexity index is 2610. The van der Waals surface area contributed by atoms with E-state index in [0.29, 0.717) is 56.6 Å². The molecule has 3 saturated heterocycles. The minimum absolute atomic E-state index is 0.0272. The SMILES string of the molecule is CC.CC.CCC(C)(C)C/C=C\C=C(/N)C(=O)NCCC(=O)NCC(=O)NCC(=O)N1CCCC1C=O.CNCCNC(=O)C1CCc2c(O)c3c(c(O)c2C1)C(=O)c1cccc(OC)c1C3=O.COC1CN(C2CCOC(C)C2O)CCO1. The molecule has 6 unspecified atom stereocenters. The van der Waals surface area contributed by atoms with Gasteiger partial charge in [-0.3, -0.25) is 38.5 Å². The molecule has 0 saturated carbocycles. The fourth-order valence-corrected chi connectivity index (χ4v) is 9.94. The van der Waals surface area contributed by atoms with Crippen molar-refractivity contribution in [1.82, 2.24) is 36.4 Å². The van der Waals surface area contributed by atoms with Gasteiger partial charge < -0.3 is 76.3 Å². The summed E-state index contributed by atoms with van der Waals surface area (Å²) < 4.78 is 21.3. The third kappa shape index (κ3) is 19.9. The number of amides is 5. The number of methoxy groups -OCH3 is 2. The number of hydrogen-bond donors (Lipinski definition) is 9. The number of aromatic hydroxyl groups is 2. The molecule has 2 aromatic rings. The van der Waals surface area contributed by atoms with Crippen LogP contribution in [0.4, 0.5) is 0 Å². The molecule has 2 aliphatic carbocycles. The number of likely N-dealkylation sites (tertiary alicyclic amines) is 1. The molecule has 23 nitrogen and oxygen atoms in total. The van der Waals surface area contributed by atoms with Crippen molar-refractivity contribution in [2.24, 2.45) is 17.1 Å².